The van der Waals surface area contributed by atoms with Gasteiger partial charge in [-0.3, -0.25) is 9.59 Å². The molecule has 5 rings (SSSR count). The molecule has 2 aromatic carbocycles. The van der Waals surface area contributed by atoms with Gasteiger partial charge in [0.05, 0.1) is 20.3 Å². The minimum atomic E-state index is -0.191. The van der Waals surface area contributed by atoms with Crippen molar-refractivity contribution >= 4 is 29.2 Å². The molecule has 1 aliphatic carbocycles. The number of nitrogens with one attached hydrogen (secondary N) is 1. The van der Waals surface area contributed by atoms with E-state index < -0.39 is 0 Å². The van der Waals surface area contributed by atoms with Crippen molar-refractivity contribution in [2.24, 2.45) is 0 Å². The largest absolute Gasteiger partial charge is 0.493 e. The van der Waals surface area contributed by atoms with Gasteiger partial charge in [0, 0.05) is 29.1 Å². The van der Waals surface area contributed by atoms with Gasteiger partial charge in [0.25, 0.3) is 5.91 Å². The van der Waals surface area contributed by atoms with E-state index in [4.69, 9.17) is 9.47 Å². The number of nitrogens with zero attached hydrogens (tertiary/aromatic N) is 1. The standard InChI is InChI=1S/C28H28N2O4S/c1-33-23-16-20-13-14-30(27(25-4-3-15-35-25)22(20)17-24(23)34-2)26(31)12-7-18-5-8-19(9-6-18)28(32)29-21-10-11-21/h3-9,12,15-17,21,27H,10-11,13-14H2,1-2H3,(H,29,32)/b12-7+. The number of ether oxygens (including phenoxy) is 2. The van der Waals surface area contributed by atoms with Gasteiger partial charge in [-0.2, -0.15) is 0 Å². The Labute approximate surface area is 209 Å². The maximum atomic E-state index is 13.4. The summed E-state index contributed by atoms with van der Waals surface area (Å²) in [4.78, 5) is 28.6. The van der Waals surface area contributed by atoms with Gasteiger partial charge in [-0.1, -0.05) is 18.2 Å². The fraction of sp³-hybridized carbons (Fsp3) is 0.286. The van der Waals surface area contributed by atoms with Crippen LogP contribution in [0.25, 0.3) is 6.08 Å². The lowest BCUT2D eigenvalue weighted by Gasteiger charge is -2.37. The summed E-state index contributed by atoms with van der Waals surface area (Å²) < 4.78 is 11.0. The molecule has 0 spiro atoms. The zero-order chi connectivity index (χ0) is 24.4. The summed E-state index contributed by atoms with van der Waals surface area (Å²) in [7, 11) is 3.26. The normalized spacial score (nSPS) is 17.2. The minimum absolute atomic E-state index is 0.0445. The third kappa shape index (κ3) is 4.95. The molecule has 3 aromatic rings. The molecule has 0 radical (unpaired) electrons. The van der Waals surface area contributed by atoms with Crippen LogP contribution in [-0.4, -0.2) is 43.5 Å². The van der Waals surface area contributed by atoms with Crippen molar-refractivity contribution in [1.82, 2.24) is 10.2 Å². The second-order valence-corrected chi connectivity index (χ2v) is 9.79. The smallest absolute Gasteiger partial charge is 0.251 e. The summed E-state index contributed by atoms with van der Waals surface area (Å²) in [6.07, 6.45) is 6.28. The number of benzene rings is 2. The number of thiophene rings is 1. The molecule has 6 nitrogen and oxygen atoms in total. The molecule has 1 atom stereocenters. The summed E-state index contributed by atoms with van der Waals surface area (Å²) in [5.41, 5.74) is 3.73. The van der Waals surface area contributed by atoms with Gasteiger partial charge in [-0.15, -0.1) is 11.3 Å². The van der Waals surface area contributed by atoms with Crippen molar-refractivity contribution in [2.45, 2.75) is 31.3 Å². The SMILES string of the molecule is COc1cc2c(cc1OC)C(c1cccs1)N(C(=O)/C=C/c1ccc(C(=O)NC3CC3)cc1)CC2. The first-order chi connectivity index (χ1) is 17.1. The second-order valence-electron chi connectivity index (χ2n) is 8.81. The van der Waals surface area contributed by atoms with E-state index in [2.05, 4.69) is 11.4 Å². The molecule has 1 aromatic heterocycles. The van der Waals surface area contributed by atoms with Gasteiger partial charge >= 0.3 is 0 Å². The molecule has 35 heavy (non-hydrogen) atoms. The molecule has 1 aliphatic heterocycles. The highest BCUT2D eigenvalue weighted by Crippen LogP contribution is 2.42. The fourth-order valence-corrected chi connectivity index (χ4v) is 5.30. The summed E-state index contributed by atoms with van der Waals surface area (Å²) in [6.45, 7) is 0.606. The Balaban J connectivity index is 1.38. The first kappa shape index (κ1) is 23.2. The van der Waals surface area contributed by atoms with Crippen LogP contribution in [0, 0.1) is 0 Å². The average Bonchev–Trinajstić information content (AvgIpc) is 3.54. The minimum Gasteiger partial charge on any atom is -0.493 e. The highest BCUT2D eigenvalue weighted by Gasteiger charge is 2.33. The predicted molar refractivity (Wildman–Crippen MR) is 137 cm³/mol. The van der Waals surface area contributed by atoms with Crippen molar-refractivity contribution in [2.75, 3.05) is 20.8 Å². The van der Waals surface area contributed by atoms with Crippen LogP contribution in [0.1, 0.15) is 50.8 Å². The average molecular weight is 489 g/mol. The number of fused-ring (bicyclic) bond motifs is 1. The third-order valence-corrected chi connectivity index (χ3v) is 7.40. The lowest BCUT2D eigenvalue weighted by Crippen LogP contribution is -2.39. The number of hydrogen-bond donors (Lipinski definition) is 1. The molecule has 1 fully saturated rings. The first-order valence-electron chi connectivity index (χ1n) is 11.7. The molecule has 180 valence electrons. The van der Waals surface area contributed by atoms with Crippen LogP contribution in [0.3, 0.4) is 0 Å². The maximum Gasteiger partial charge on any atom is 0.251 e. The molecule has 2 heterocycles. The highest BCUT2D eigenvalue weighted by atomic mass is 32.1. The number of carbonyl (C=O) groups is 2. The molecule has 1 unspecified atom stereocenters. The number of amides is 2. The Morgan fingerprint density at radius 3 is 2.46 bits per heavy atom. The third-order valence-electron chi connectivity index (χ3n) is 6.47. The lowest BCUT2D eigenvalue weighted by molar-refractivity contribution is -0.127. The molecule has 7 heteroatoms. The maximum absolute atomic E-state index is 13.4. The Kier molecular flexibility index (Phi) is 6.59. The Bertz CT molecular complexity index is 1250. The van der Waals surface area contributed by atoms with Crippen LogP contribution < -0.4 is 14.8 Å². The summed E-state index contributed by atoms with van der Waals surface area (Å²) >= 11 is 1.64. The van der Waals surface area contributed by atoms with Gasteiger partial charge in [0.1, 0.15) is 0 Å². The lowest BCUT2D eigenvalue weighted by atomic mass is 9.90. The van der Waals surface area contributed by atoms with Crippen molar-refractivity contribution in [1.29, 1.82) is 0 Å². The molecular formula is C28H28N2O4S. The fourth-order valence-electron chi connectivity index (χ4n) is 4.44. The number of rotatable bonds is 7. The quantitative estimate of drug-likeness (QED) is 0.483. The second kappa shape index (κ2) is 9.96. The van der Waals surface area contributed by atoms with Crippen LogP contribution in [0.2, 0.25) is 0 Å². The molecule has 0 bridgehead atoms. The monoisotopic (exact) mass is 488 g/mol. The van der Waals surface area contributed by atoms with E-state index in [9.17, 15) is 9.59 Å². The predicted octanol–water partition coefficient (Wildman–Crippen LogP) is 4.85. The molecule has 2 aliphatic rings. The van der Waals surface area contributed by atoms with Crippen LogP contribution in [-0.2, 0) is 11.2 Å². The van der Waals surface area contributed by atoms with Gasteiger partial charge in [0.15, 0.2) is 11.5 Å². The van der Waals surface area contributed by atoms with Crippen LogP contribution in [0.4, 0.5) is 0 Å². The van der Waals surface area contributed by atoms with Crippen LogP contribution in [0.15, 0.2) is 60.0 Å². The van der Waals surface area contributed by atoms with Crippen LogP contribution in [0.5, 0.6) is 11.5 Å². The summed E-state index contributed by atoms with van der Waals surface area (Å²) in [6, 6.07) is 15.6. The van der Waals surface area contributed by atoms with E-state index in [1.165, 1.54) is 0 Å². The van der Waals surface area contributed by atoms with E-state index >= 15 is 0 Å². The molecule has 1 saturated carbocycles. The zero-order valence-electron chi connectivity index (χ0n) is 19.8. The van der Waals surface area contributed by atoms with Crippen LogP contribution >= 0.6 is 11.3 Å². The topological polar surface area (TPSA) is 67.9 Å². The van der Waals surface area contributed by atoms with Gasteiger partial charge in [-0.25, -0.2) is 0 Å². The van der Waals surface area contributed by atoms with E-state index in [0.29, 0.717) is 29.6 Å². The van der Waals surface area contributed by atoms with E-state index in [-0.39, 0.29) is 17.9 Å². The van der Waals surface area contributed by atoms with Gasteiger partial charge in [-0.05, 0) is 77.7 Å². The highest BCUT2D eigenvalue weighted by molar-refractivity contribution is 7.10. The first-order valence-corrected chi connectivity index (χ1v) is 12.6. The van der Waals surface area contributed by atoms with E-state index in [1.54, 1.807) is 49.8 Å². The van der Waals surface area contributed by atoms with Crippen molar-refractivity contribution in [3.05, 3.63) is 87.1 Å². The van der Waals surface area contributed by atoms with Gasteiger partial charge < -0.3 is 19.7 Å². The molecule has 1 N–H and O–H groups in total. The number of hydrogen-bond acceptors (Lipinski definition) is 5. The van der Waals surface area contributed by atoms with Crippen molar-refractivity contribution < 1.29 is 19.1 Å². The molecule has 2 amide bonds. The van der Waals surface area contributed by atoms with E-state index in [1.807, 2.05) is 40.6 Å². The number of methoxy groups -OCH3 is 2. The van der Waals surface area contributed by atoms with Crippen molar-refractivity contribution in [3.8, 4) is 11.5 Å². The summed E-state index contributed by atoms with van der Waals surface area (Å²) in [5.74, 6) is 1.25. The molecule has 0 saturated heterocycles. The summed E-state index contributed by atoms with van der Waals surface area (Å²) in [5, 5.41) is 5.02. The number of carbonyl (C=O) groups excluding carboxylic acids is 2. The van der Waals surface area contributed by atoms with Gasteiger partial charge in [0.2, 0.25) is 5.91 Å². The Morgan fingerprint density at radius 1 is 1.06 bits per heavy atom. The van der Waals surface area contributed by atoms with E-state index in [0.717, 1.165) is 40.8 Å². The van der Waals surface area contributed by atoms with Crippen molar-refractivity contribution in [3.63, 3.8) is 0 Å². The Morgan fingerprint density at radius 2 is 1.80 bits per heavy atom. The zero-order valence-corrected chi connectivity index (χ0v) is 20.6. The molecular weight excluding hydrogens is 460 g/mol. The Hall–Kier alpha value is -3.58.